The number of carbonyl (C=O) groups is 1. The number of aromatic nitrogens is 1. The predicted octanol–water partition coefficient (Wildman–Crippen LogP) is 4.04. The molecule has 0 saturated heterocycles. The molecule has 0 aromatic carbocycles. The molecular weight excluding hydrogens is 292 g/mol. The van der Waals surface area contributed by atoms with Gasteiger partial charge in [-0.15, -0.1) is 0 Å². The Morgan fingerprint density at radius 3 is 2.61 bits per heavy atom. The third-order valence-electron chi connectivity index (χ3n) is 3.48. The van der Waals surface area contributed by atoms with Gasteiger partial charge >= 0.3 is 0 Å². The Balaban J connectivity index is 2.67. The summed E-state index contributed by atoms with van der Waals surface area (Å²) in [7, 11) is 0. The van der Waals surface area contributed by atoms with Crippen molar-refractivity contribution in [1.29, 1.82) is 0 Å². The van der Waals surface area contributed by atoms with Gasteiger partial charge in [-0.2, -0.15) is 0 Å². The summed E-state index contributed by atoms with van der Waals surface area (Å²) in [6, 6.07) is 3.57. The minimum Gasteiger partial charge on any atom is -0.478 e. The molecule has 0 aliphatic heterocycles. The third-order valence-corrected chi connectivity index (χ3v) is 3.48. The Kier molecular flexibility index (Phi) is 8.03. The Bertz CT molecular complexity index is 474. The van der Waals surface area contributed by atoms with Crippen LogP contribution in [0.3, 0.4) is 0 Å². The third kappa shape index (κ3) is 6.57. The molecule has 0 fully saturated rings. The highest BCUT2D eigenvalue weighted by molar-refractivity contribution is 5.96. The van der Waals surface area contributed by atoms with Gasteiger partial charge in [0.15, 0.2) is 0 Å². The fraction of sp³-hybridized carbons (Fsp3) is 0.667. The number of hydrogen-bond acceptors (Lipinski definition) is 4. The van der Waals surface area contributed by atoms with E-state index in [0.29, 0.717) is 37.1 Å². The largest absolute Gasteiger partial charge is 0.478 e. The first-order valence-corrected chi connectivity index (χ1v) is 8.45. The van der Waals surface area contributed by atoms with E-state index in [4.69, 9.17) is 9.47 Å². The molecule has 0 aliphatic rings. The van der Waals surface area contributed by atoms with Crippen LogP contribution in [0.25, 0.3) is 0 Å². The summed E-state index contributed by atoms with van der Waals surface area (Å²) in [5, 5.41) is 2.89. The topological polar surface area (TPSA) is 60.5 Å². The van der Waals surface area contributed by atoms with E-state index in [0.717, 1.165) is 12.8 Å². The van der Waals surface area contributed by atoms with Crippen molar-refractivity contribution in [3.8, 4) is 5.88 Å². The lowest BCUT2D eigenvalue weighted by atomic mass is 9.93. The lowest BCUT2D eigenvalue weighted by molar-refractivity contribution is -0.140. The van der Waals surface area contributed by atoms with Crippen molar-refractivity contribution in [2.75, 3.05) is 18.5 Å². The highest BCUT2D eigenvalue weighted by atomic mass is 16.5. The van der Waals surface area contributed by atoms with E-state index < -0.39 is 5.60 Å². The molecule has 1 rings (SSSR count). The fourth-order valence-electron chi connectivity index (χ4n) is 2.44. The Morgan fingerprint density at radius 1 is 1.35 bits per heavy atom. The molecule has 0 spiro atoms. The van der Waals surface area contributed by atoms with Crippen LogP contribution in [-0.2, 0) is 9.53 Å². The highest BCUT2D eigenvalue weighted by Crippen LogP contribution is 2.23. The number of unbranched alkanes of at least 4 members (excludes halogenated alkanes) is 1. The molecule has 0 radical (unpaired) electrons. The maximum absolute atomic E-state index is 12.6. The van der Waals surface area contributed by atoms with Gasteiger partial charge in [0.05, 0.1) is 18.5 Å². The van der Waals surface area contributed by atoms with Crippen LogP contribution in [0.15, 0.2) is 18.3 Å². The van der Waals surface area contributed by atoms with Crippen LogP contribution in [0.2, 0.25) is 0 Å². The molecule has 1 aromatic rings. The summed E-state index contributed by atoms with van der Waals surface area (Å²) < 4.78 is 11.2. The summed E-state index contributed by atoms with van der Waals surface area (Å²) in [6.45, 7) is 11.2. The van der Waals surface area contributed by atoms with Crippen LogP contribution in [0.4, 0.5) is 5.69 Å². The fourth-order valence-corrected chi connectivity index (χ4v) is 2.44. The highest BCUT2D eigenvalue weighted by Gasteiger charge is 2.34. The molecule has 1 aromatic heterocycles. The number of nitrogens with zero attached hydrogens (tertiary/aromatic N) is 1. The zero-order valence-corrected chi connectivity index (χ0v) is 15.0. The normalized spacial score (nSPS) is 13.7. The number of carbonyl (C=O) groups excluding carboxylic acids is 1. The molecule has 1 amide bonds. The minimum absolute atomic E-state index is 0.144. The smallest absolute Gasteiger partial charge is 0.256 e. The molecule has 0 bridgehead atoms. The molecule has 0 saturated carbocycles. The number of pyridine rings is 1. The molecule has 0 unspecified atom stereocenters. The molecule has 23 heavy (non-hydrogen) atoms. The maximum Gasteiger partial charge on any atom is 0.256 e. The summed E-state index contributed by atoms with van der Waals surface area (Å²) >= 11 is 0. The van der Waals surface area contributed by atoms with Gasteiger partial charge in [-0.25, -0.2) is 4.98 Å². The molecule has 5 heteroatoms. The summed E-state index contributed by atoms with van der Waals surface area (Å²) in [6.07, 6.45) is 4.36. The van der Waals surface area contributed by atoms with Crippen LogP contribution in [0.5, 0.6) is 5.88 Å². The van der Waals surface area contributed by atoms with E-state index >= 15 is 0 Å². The summed E-state index contributed by atoms with van der Waals surface area (Å²) in [5.41, 5.74) is -0.188. The lowest BCUT2D eigenvalue weighted by Crippen LogP contribution is -2.44. The zero-order valence-electron chi connectivity index (χ0n) is 15.0. The van der Waals surface area contributed by atoms with E-state index in [1.165, 1.54) is 0 Å². The van der Waals surface area contributed by atoms with Crippen LogP contribution >= 0.6 is 0 Å². The van der Waals surface area contributed by atoms with Crippen molar-refractivity contribution >= 4 is 11.6 Å². The van der Waals surface area contributed by atoms with Gasteiger partial charge in [0.1, 0.15) is 5.60 Å². The molecule has 1 heterocycles. The van der Waals surface area contributed by atoms with Crippen molar-refractivity contribution in [2.24, 2.45) is 5.92 Å². The first kappa shape index (κ1) is 19.4. The van der Waals surface area contributed by atoms with E-state index in [-0.39, 0.29) is 5.91 Å². The first-order valence-electron chi connectivity index (χ1n) is 8.45. The van der Waals surface area contributed by atoms with E-state index in [1.54, 1.807) is 18.3 Å². The Hall–Kier alpha value is -1.62. The number of ether oxygens (including phenoxy) is 2. The Morgan fingerprint density at radius 2 is 2.09 bits per heavy atom. The van der Waals surface area contributed by atoms with Gasteiger partial charge in [-0.05, 0) is 38.7 Å². The summed E-state index contributed by atoms with van der Waals surface area (Å²) in [4.78, 5) is 16.8. The second-order valence-electron chi connectivity index (χ2n) is 6.30. The predicted molar refractivity (Wildman–Crippen MR) is 92.8 cm³/mol. The zero-order chi connectivity index (χ0) is 17.3. The van der Waals surface area contributed by atoms with Gasteiger partial charge in [0.2, 0.25) is 5.88 Å². The maximum atomic E-state index is 12.6. The molecule has 0 aliphatic carbocycles. The van der Waals surface area contributed by atoms with Gasteiger partial charge < -0.3 is 14.8 Å². The molecule has 5 nitrogen and oxygen atoms in total. The SMILES string of the molecule is CCCCOc1ccc(NC(=O)[C@@](C)(CC(C)C)OCC)cn1. The minimum atomic E-state index is -0.834. The first-order chi connectivity index (χ1) is 10.9. The van der Waals surface area contributed by atoms with E-state index in [2.05, 4.69) is 31.1 Å². The number of hydrogen-bond donors (Lipinski definition) is 1. The van der Waals surface area contributed by atoms with Crippen molar-refractivity contribution in [1.82, 2.24) is 4.98 Å². The second-order valence-corrected chi connectivity index (χ2v) is 6.30. The van der Waals surface area contributed by atoms with E-state index in [1.807, 2.05) is 13.8 Å². The monoisotopic (exact) mass is 322 g/mol. The number of rotatable bonds is 10. The average Bonchev–Trinajstić information content (AvgIpc) is 2.48. The average molecular weight is 322 g/mol. The van der Waals surface area contributed by atoms with Gasteiger partial charge in [-0.1, -0.05) is 27.2 Å². The molecule has 130 valence electrons. The molecular formula is C18H30N2O3. The van der Waals surface area contributed by atoms with Crippen LogP contribution < -0.4 is 10.1 Å². The number of anilines is 1. The van der Waals surface area contributed by atoms with E-state index in [9.17, 15) is 4.79 Å². The van der Waals surface area contributed by atoms with Crippen LogP contribution in [-0.4, -0.2) is 29.7 Å². The lowest BCUT2D eigenvalue weighted by Gasteiger charge is -2.29. The molecule has 1 atom stereocenters. The van der Waals surface area contributed by atoms with Crippen molar-refractivity contribution in [3.63, 3.8) is 0 Å². The number of amides is 1. The second kappa shape index (κ2) is 9.50. The van der Waals surface area contributed by atoms with Crippen molar-refractivity contribution in [3.05, 3.63) is 18.3 Å². The van der Waals surface area contributed by atoms with Crippen LogP contribution in [0.1, 0.15) is 53.9 Å². The van der Waals surface area contributed by atoms with Crippen molar-refractivity contribution in [2.45, 2.75) is 59.5 Å². The van der Waals surface area contributed by atoms with Crippen LogP contribution in [0, 0.1) is 5.92 Å². The standard InChI is InChI=1S/C18H30N2O3/c1-6-8-11-22-16-10-9-15(13-19-16)20-17(21)18(5,23-7-2)12-14(3)4/h9-10,13-14H,6-8,11-12H2,1-5H3,(H,20,21)/t18-/m1/s1. The van der Waals surface area contributed by atoms with Gasteiger partial charge in [-0.3, -0.25) is 4.79 Å². The molecule has 1 N–H and O–H groups in total. The Labute approximate surface area is 139 Å². The van der Waals surface area contributed by atoms with Gasteiger partial charge in [0.25, 0.3) is 5.91 Å². The summed E-state index contributed by atoms with van der Waals surface area (Å²) in [5.74, 6) is 0.797. The van der Waals surface area contributed by atoms with Gasteiger partial charge in [0, 0.05) is 12.7 Å². The van der Waals surface area contributed by atoms with Crippen molar-refractivity contribution < 1.29 is 14.3 Å². The quantitative estimate of drug-likeness (QED) is 0.660. The number of nitrogens with one attached hydrogen (secondary N) is 1.